The summed E-state index contributed by atoms with van der Waals surface area (Å²) in [5.41, 5.74) is 2.23. The van der Waals surface area contributed by atoms with Crippen LogP contribution in [0.25, 0.3) is 16.8 Å². The van der Waals surface area contributed by atoms with Gasteiger partial charge in [-0.3, -0.25) is 4.79 Å². The number of aliphatic hydroxyl groups excluding tert-OH is 1. The highest BCUT2D eigenvalue weighted by Gasteiger charge is 2.24. The Morgan fingerprint density at radius 1 is 1.23 bits per heavy atom. The van der Waals surface area contributed by atoms with E-state index < -0.39 is 0 Å². The fourth-order valence-corrected chi connectivity index (χ4v) is 3.69. The highest BCUT2D eigenvalue weighted by molar-refractivity contribution is 6.04. The number of ether oxygens (including phenoxy) is 2. The molecular formula is C25H30N2O4. The van der Waals surface area contributed by atoms with Crippen molar-refractivity contribution in [1.29, 1.82) is 5.26 Å². The van der Waals surface area contributed by atoms with Crippen LogP contribution in [0.5, 0.6) is 0 Å². The molecule has 0 aliphatic carbocycles. The standard InChI is InChI=1S/C25H30N2O4/c1-19-9-10-27(19)24-5-2-4-21-8-7-20(17-23(21)24)16-22(18-26)25(29)6-3-12-30-14-15-31-13-11-28/h2,4-5,7-8,16-17,19,28H,3,6,9-15H2,1H3/b22-16+. The normalized spacial score (nSPS) is 16.2. The van der Waals surface area contributed by atoms with Gasteiger partial charge in [-0.15, -0.1) is 0 Å². The minimum atomic E-state index is -0.174. The summed E-state index contributed by atoms with van der Waals surface area (Å²) in [4.78, 5) is 14.9. The minimum absolute atomic E-state index is 0.00628. The van der Waals surface area contributed by atoms with E-state index in [1.807, 2.05) is 12.1 Å². The largest absolute Gasteiger partial charge is 0.394 e. The summed E-state index contributed by atoms with van der Waals surface area (Å²) in [6.45, 7) is 4.84. The maximum atomic E-state index is 12.5. The third-order valence-corrected chi connectivity index (χ3v) is 5.54. The number of anilines is 1. The van der Waals surface area contributed by atoms with Crippen molar-refractivity contribution in [3.05, 3.63) is 47.5 Å². The zero-order valence-electron chi connectivity index (χ0n) is 18.0. The van der Waals surface area contributed by atoms with E-state index in [0.29, 0.717) is 38.9 Å². The molecule has 0 spiro atoms. The molecule has 31 heavy (non-hydrogen) atoms. The number of carbonyl (C=O) groups excluding carboxylic acids is 1. The van der Waals surface area contributed by atoms with Gasteiger partial charge in [-0.25, -0.2) is 0 Å². The fourth-order valence-electron chi connectivity index (χ4n) is 3.69. The molecule has 0 bridgehead atoms. The average Bonchev–Trinajstić information content (AvgIpc) is 2.78. The summed E-state index contributed by atoms with van der Waals surface area (Å²) in [6, 6.07) is 14.9. The van der Waals surface area contributed by atoms with Crippen molar-refractivity contribution in [2.75, 3.05) is 44.5 Å². The van der Waals surface area contributed by atoms with Crippen molar-refractivity contribution in [2.45, 2.75) is 32.2 Å². The predicted molar refractivity (Wildman–Crippen MR) is 122 cm³/mol. The van der Waals surface area contributed by atoms with Crippen molar-refractivity contribution < 1.29 is 19.4 Å². The molecule has 1 atom stereocenters. The van der Waals surface area contributed by atoms with Crippen LogP contribution in [0, 0.1) is 11.3 Å². The maximum absolute atomic E-state index is 12.5. The molecule has 0 amide bonds. The minimum Gasteiger partial charge on any atom is -0.394 e. The zero-order chi connectivity index (χ0) is 22.1. The molecule has 1 saturated heterocycles. The Bertz CT molecular complexity index is 964. The van der Waals surface area contributed by atoms with Crippen molar-refractivity contribution in [3.63, 3.8) is 0 Å². The van der Waals surface area contributed by atoms with Crippen molar-refractivity contribution >= 4 is 28.3 Å². The molecule has 2 aromatic rings. The van der Waals surface area contributed by atoms with Crippen LogP contribution in [0.4, 0.5) is 5.69 Å². The van der Waals surface area contributed by atoms with Crippen molar-refractivity contribution in [1.82, 2.24) is 0 Å². The number of Topliss-reactive ketones (excluding diaryl/α,β-unsaturated/α-hetero) is 1. The van der Waals surface area contributed by atoms with Crippen molar-refractivity contribution in [3.8, 4) is 6.07 Å². The van der Waals surface area contributed by atoms with Gasteiger partial charge >= 0.3 is 0 Å². The number of nitrogens with zero attached hydrogens (tertiary/aromatic N) is 2. The van der Waals surface area contributed by atoms with Gasteiger partial charge in [-0.2, -0.15) is 5.26 Å². The molecule has 1 heterocycles. The second-order valence-corrected chi connectivity index (χ2v) is 7.73. The number of nitriles is 1. The quantitative estimate of drug-likeness (QED) is 0.319. The van der Waals surface area contributed by atoms with Gasteiger partial charge in [0.05, 0.1) is 32.0 Å². The molecule has 164 valence electrons. The monoisotopic (exact) mass is 422 g/mol. The lowest BCUT2D eigenvalue weighted by Crippen LogP contribution is -2.45. The molecule has 0 radical (unpaired) electrons. The Morgan fingerprint density at radius 2 is 2.03 bits per heavy atom. The van der Waals surface area contributed by atoms with Crippen molar-refractivity contribution in [2.24, 2.45) is 0 Å². The van der Waals surface area contributed by atoms with Gasteiger partial charge in [0.1, 0.15) is 6.07 Å². The van der Waals surface area contributed by atoms with E-state index in [2.05, 4.69) is 42.2 Å². The van der Waals surface area contributed by atoms with E-state index in [0.717, 1.165) is 22.9 Å². The lowest BCUT2D eigenvalue weighted by molar-refractivity contribution is -0.115. The molecule has 0 aromatic heterocycles. The zero-order valence-corrected chi connectivity index (χ0v) is 18.0. The van der Waals surface area contributed by atoms with E-state index in [-0.39, 0.29) is 24.4 Å². The first kappa shape index (κ1) is 23.0. The number of carbonyl (C=O) groups is 1. The Kier molecular flexibility index (Phi) is 8.60. The number of benzene rings is 2. The number of rotatable bonds is 12. The van der Waals surface area contributed by atoms with Gasteiger partial charge in [-0.05, 0) is 48.9 Å². The Hall–Kier alpha value is -2.72. The first-order valence-corrected chi connectivity index (χ1v) is 10.8. The average molecular weight is 423 g/mol. The number of hydrogen-bond acceptors (Lipinski definition) is 6. The molecule has 0 saturated carbocycles. The lowest BCUT2D eigenvalue weighted by Gasteiger charge is -2.41. The first-order chi connectivity index (χ1) is 15.1. The van der Waals surface area contributed by atoms with Gasteiger partial charge in [0.2, 0.25) is 0 Å². The summed E-state index contributed by atoms with van der Waals surface area (Å²) in [6.07, 6.45) is 3.69. The summed E-state index contributed by atoms with van der Waals surface area (Å²) >= 11 is 0. The van der Waals surface area contributed by atoms with E-state index in [1.165, 1.54) is 12.1 Å². The van der Waals surface area contributed by atoms with Gasteiger partial charge < -0.3 is 19.5 Å². The molecule has 2 aromatic carbocycles. The SMILES string of the molecule is CC1CCN1c1cccc2ccc(/C=C(\C#N)C(=O)CCCOCCOCCO)cc12. The highest BCUT2D eigenvalue weighted by atomic mass is 16.5. The topological polar surface area (TPSA) is 82.8 Å². The van der Waals surface area contributed by atoms with E-state index in [4.69, 9.17) is 14.6 Å². The molecule has 6 nitrogen and oxygen atoms in total. The lowest BCUT2D eigenvalue weighted by atomic mass is 9.98. The molecule has 6 heteroatoms. The Labute approximate surface area is 183 Å². The third-order valence-electron chi connectivity index (χ3n) is 5.54. The van der Waals surface area contributed by atoms with Crippen LogP contribution >= 0.6 is 0 Å². The van der Waals surface area contributed by atoms with Crippen LogP contribution in [0.3, 0.4) is 0 Å². The van der Waals surface area contributed by atoms with Crippen LogP contribution in [0.15, 0.2) is 42.0 Å². The molecule has 1 unspecified atom stereocenters. The third kappa shape index (κ3) is 6.14. The first-order valence-electron chi connectivity index (χ1n) is 10.8. The van der Waals surface area contributed by atoms with Crippen LogP contribution in [0.2, 0.25) is 0 Å². The van der Waals surface area contributed by atoms with Crippen LogP contribution in [-0.2, 0) is 14.3 Å². The fraction of sp³-hybridized carbons (Fsp3) is 0.440. The van der Waals surface area contributed by atoms with E-state index >= 15 is 0 Å². The van der Waals surface area contributed by atoms with Gasteiger partial charge in [0.25, 0.3) is 0 Å². The smallest absolute Gasteiger partial charge is 0.173 e. The number of ketones is 1. The van der Waals surface area contributed by atoms with E-state index in [9.17, 15) is 10.1 Å². The van der Waals surface area contributed by atoms with Crippen LogP contribution < -0.4 is 4.90 Å². The molecule has 1 fully saturated rings. The van der Waals surface area contributed by atoms with Crippen LogP contribution in [0.1, 0.15) is 31.7 Å². The number of hydrogen-bond donors (Lipinski definition) is 1. The summed E-state index contributed by atoms with van der Waals surface area (Å²) in [7, 11) is 0. The summed E-state index contributed by atoms with van der Waals surface area (Å²) in [5.74, 6) is -0.174. The number of aliphatic hydroxyl groups is 1. The number of allylic oxidation sites excluding steroid dienone is 1. The molecular weight excluding hydrogens is 392 g/mol. The second-order valence-electron chi connectivity index (χ2n) is 7.73. The van der Waals surface area contributed by atoms with E-state index in [1.54, 1.807) is 6.08 Å². The summed E-state index contributed by atoms with van der Waals surface area (Å²) in [5, 5.41) is 20.4. The number of fused-ring (bicyclic) bond motifs is 1. The van der Waals surface area contributed by atoms with Gasteiger partial charge in [0, 0.05) is 36.7 Å². The Balaban J connectivity index is 1.61. The van der Waals surface area contributed by atoms with Gasteiger partial charge in [0.15, 0.2) is 5.78 Å². The maximum Gasteiger partial charge on any atom is 0.173 e. The Morgan fingerprint density at radius 3 is 2.71 bits per heavy atom. The van der Waals surface area contributed by atoms with Gasteiger partial charge in [-0.1, -0.05) is 24.3 Å². The predicted octanol–water partition coefficient (Wildman–Crippen LogP) is 3.72. The molecule has 1 aliphatic heterocycles. The molecule has 3 rings (SSSR count). The van der Waals surface area contributed by atoms with Crippen LogP contribution in [-0.4, -0.2) is 56.5 Å². The highest BCUT2D eigenvalue weighted by Crippen LogP contribution is 2.33. The molecule has 1 aliphatic rings. The molecule has 1 N–H and O–H groups in total. The second kappa shape index (κ2) is 11.6. The summed E-state index contributed by atoms with van der Waals surface area (Å²) < 4.78 is 10.5.